The highest BCUT2D eigenvalue weighted by atomic mass is 32.1. The largest absolute Gasteiger partial charge is 0.481 e. The van der Waals surface area contributed by atoms with Crippen LogP contribution in [0, 0.1) is 11.7 Å². The van der Waals surface area contributed by atoms with Crippen LogP contribution in [0.1, 0.15) is 30.1 Å². The second-order valence-corrected chi connectivity index (χ2v) is 6.49. The number of carboxylic acids is 1. The van der Waals surface area contributed by atoms with E-state index in [2.05, 4.69) is 4.98 Å². The van der Waals surface area contributed by atoms with Crippen molar-refractivity contribution in [3.8, 4) is 0 Å². The van der Waals surface area contributed by atoms with Crippen LogP contribution >= 0.6 is 11.3 Å². The maximum atomic E-state index is 13.8. The minimum absolute atomic E-state index is 0.109. The first kappa shape index (κ1) is 16.6. The summed E-state index contributed by atoms with van der Waals surface area (Å²) in [4.78, 5) is 29.8. The monoisotopic (exact) mass is 348 g/mol. The van der Waals surface area contributed by atoms with E-state index >= 15 is 0 Å². The van der Waals surface area contributed by atoms with Gasteiger partial charge in [-0.25, -0.2) is 9.37 Å². The van der Waals surface area contributed by atoms with Crippen LogP contribution in [0.15, 0.2) is 35.2 Å². The van der Waals surface area contributed by atoms with Crippen LogP contribution in [0.3, 0.4) is 0 Å². The van der Waals surface area contributed by atoms with Crippen LogP contribution in [-0.2, 0) is 16.0 Å². The highest BCUT2D eigenvalue weighted by Crippen LogP contribution is 2.36. The molecule has 0 bridgehead atoms. The van der Waals surface area contributed by atoms with Crippen LogP contribution in [0.25, 0.3) is 0 Å². The van der Waals surface area contributed by atoms with E-state index in [9.17, 15) is 19.1 Å². The Hall–Kier alpha value is -2.28. The number of thiazole rings is 1. The van der Waals surface area contributed by atoms with E-state index in [0.29, 0.717) is 24.1 Å². The summed E-state index contributed by atoms with van der Waals surface area (Å²) in [6.07, 6.45) is 0.826. The minimum atomic E-state index is -0.934. The fourth-order valence-electron chi connectivity index (χ4n) is 3.15. The number of rotatable bonds is 5. The second-order valence-electron chi connectivity index (χ2n) is 5.77. The molecule has 2 aromatic rings. The minimum Gasteiger partial charge on any atom is -0.481 e. The molecular weight excluding hydrogens is 331 g/mol. The first-order valence-electron chi connectivity index (χ1n) is 7.71. The third-order valence-corrected chi connectivity index (χ3v) is 4.96. The van der Waals surface area contributed by atoms with E-state index in [1.54, 1.807) is 34.0 Å². The van der Waals surface area contributed by atoms with Gasteiger partial charge in [0.05, 0.1) is 23.2 Å². The highest BCUT2D eigenvalue weighted by Gasteiger charge is 2.41. The van der Waals surface area contributed by atoms with Gasteiger partial charge in [-0.2, -0.15) is 0 Å². The van der Waals surface area contributed by atoms with Gasteiger partial charge < -0.3 is 10.0 Å². The van der Waals surface area contributed by atoms with E-state index in [1.165, 1.54) is 17.4 Å². The number of carboxylic acid groups (broad SMARTS) is 1. The first-order chi connectivity index (χ1) is 11.6. The predicted octanol–water partition coefficient (Wildman–Crippen LogP) is 2.89. The lowest BCUT2D eigenvalue weighted by Crippen LogP contribution is -2.46. The molecule has 1 amide bonds. The van der Waals surface area contributed by atoms with Crippen molar-refractivity contribution in [1.82, 2.24) is 9.88 Å². The smallest absolute Gasteiger partial charge is 0.309 e. The van der Waals surface area contributed by atoms with Crippen molar-refractivity contribution >= 4 is 23.2 Å². The third kappa shape index (κ3) is 3.31. The summed E-state index contributed by atoms with van der Waals surface area (Å²) >= 11 is 1.37. The van der Waals surface area contributed by atoms with E-state index in [-0.39, 0.29) is 24.7 Å². The Bertz CT molecular complexity index is 735. The van der Waals surface area contributed by atoms with Gasteiger partial charge in [-0.1, -0.05) is 18.2 Å². The van der Waals surface area contributed by atoms with Crippen LogP contribution in [0.5, 0.6) is 0 Å². The molecule has 5 nitrogen and oxygen atoms in total. The van der Waals surface area contributed by atoms with Crippen LogP contribution in [-0.4, -0.2) is 33.4 Å². The lowest BCUT2D eigenvalue weighted by molar-refractivity contribution is -0.152. The fourth-order valence-corrected chi connectivity index (χ4v) is 3.73. The molecule has 2 heterocycles. The van der Waals surface area contributed by atoms with Crippen LogP contribution in [0.4, 0.5) is 4.39 Å². The van der Waals surface area contributed by atoms with Crippen molar-refractivity contribution in [2.24, 2.45) is 5.92 Å². The molecule has 7 heteroatoms. The molecule has 1 aromatic carbocycles. The number of amides is 1. The van der Waals surface area contributed by atoms with Crippen LogP contribution < -0.4 is 0 Å². The predicted molar refractivity (Wildman–Crippen MR) is 87.0 cm³/mol. The highest BCUT2D eigenvalue weighted by molar-refractivity contribution is 7.07. The van der Waals surface area contributed by atoms with Gasteiger partial charge in [0.1, 0.15) is 5.82 Å². The van der Waals surface area contributed by atoms with Crippen molar-refractivity contribution in [2.45, 2.75) is 25.3 Å². The summed E-state index contributed by atoms with van der Waals surface area (Å²) < 4.78 is 13.8. The Kier molecular flexibility index (Phi) is 4.89. The summed E-state index contributed by atoms with van der Waals surface area (Å²) in [7, 11) is 0. The topological polar surface area (TPSA) is 70.5 Å². The van der Waals surface area contributed by atoms with Crippen molar-refractivity contribution < 1.29 is 19.1 Å². The molecule has 0 spiro atoms. The fraction of sp³-hybridized carbons (Fsp3) is 0.353. The third-order valence-electron chi connectivity index (χ3n) is 4.36. The molecule has 1 fully saturated rings. The molecular formula is C17H17FN2O3S. The molecule has 1 aliphatic rings. The van der Waals surface area contributed by atoms with E-state index in [4.69, 9.17) is 0 Å². The summed E-state index contributed by atoms with van der Waals surface area (Å²) in [5.41, 5.74) is 2.73. The maximum absolute atomic E-state index is 13.8. The Morgan fingerprint density at radius 1 is 1.42 bits per heavy atom. The van der Waals surface area contributed by atoms with Gasteiger partial charge in [-0.05, 0) is 24.5 Å². The number of hydrogen-bond acceptors (Lipinski definition) is 4. The van der Waals surface area contributed by atoms with E-state index in [1.807, 2.05) is 0 Å². The summed E-state index contributed by atoms with van der Waals surface area (Å²) in [5.74, 6) is -2.05. The standard InChI is InChI=1S/C17H17FN2O3S/c18-13-4-2-1-3-11(13)7-8-20-15(21)6-5-12(17(22)23)16(20)14-9-24-10-19-14/h1-4,9-10,12,16H,5-8H2,(H,22,23)/t12-,16-/m1/s1. The van der Waals surface area contributed by atoms with Gasteiger partial charge in [0, 0.05) is 18.3 Å². The lowest BCUT2D eigenvalue weighted by atomic mass is 9.86. The number of carbonyl (C=O) groups is 2. The molecule has 2 atom stereocenters. The number of halogens is 1. The van der Waals surface area contributed by atoms with Crippen LogP contribution in [0.2, 0.25) is 0 Å². The molecule has 0 unspecified atom stereocenters. The second kappa shape index (κ2) is 7.09. The normalized spacial score (nSPS) is 21.0. The van der Waals surface area contributed by atoms with Gasteiger partial charge in [-0.15, -0.1) is 11.3 Å². The number of piperidine rings is 1. The molecule has 0 radical (unpaired) electrons. The van der Waals surface area contributed by atoms with E-state index in [0.717, 1.165) is 0 Å². The van der Waals surface area contributed by atoms with Crippen molar-refractivity contribution in [2.75, 3.05) is 6.54 Å². The number of likely N-dealkylation sites (tertiary alicyclic amines) is 1. The molecule has 0 aliphatic carbocycles. The van der Waals surface area contributed by atoms with Gasteiger partial charge in [0.2, 0.25) is 5.91 Å². The molecule has 126 valence electrons. The molecule has 1 saturated heterocycles. The quantitative estimate of drug-likeness (QED) is 0.902. The summed E-state index contributed by atoms with van der Waals surface area (Å²) in [5, 5.41) is 11.3. The molecule has 0 saturated carbocycles. The zero-order valence-electron chi connectivity index (χ0n) is 12.9. The summed E-state index contributed by atoms with van der Waals surface area (Å²) in [6, 6.07) is 5.82. The number of carbonyl (C=O) groups excluding carboxylic acids is 1. The molecule has 1 aliphatic heterocycles. The molecule has 3 rings (SSSR count). The zero-order valence-corrected chi connectivity index (χ0v) is 13.7. The number of nitrogens with zero attached hydrogens (tertiary/aromatic N) is 2. The van der Waals surface area contributed by atoms with Gasteiger partial charge in [0.15, 0.2) is 0 Å². The first-order valence-corrected chi connectivity index (χ1v) is 8.66. The average Bonchev–Trinajstić information content (AvgIpc) is 3.08. The van der Waals surface area contributed by atoms with Crippen molar-refractivity contribution in [1.29, 1.82) is 0 Å². The Morgan fingerprint density at radius 2 is 2.21 bits per heavy atom. The molecule has 1 N–H and O–H groups in total. The zero-order chi connectivity index (χ0) is 17.1. The Morgan fingerprint density at radius 3 is 2.88 bits per heavy atom. The number of hydrogen-bond donors (Lipinski definition) is 1. The maximum Gasteiger partial charge on any atom is 0.309 e. The van der Waals surface area contributed by atoms with Gasteiger partial charge in [0.25, 0.3) is 0 Å². The Labute approximate surface area is 142 Å². The van der Waals surface area contributed by atoms with Gasteiger partial charge >= 0.3 is 5.97 Å². The van der Waals surface area contributed by atoms with Crippen molar-refractivity contribution in [3.05, 3.63) is 52.2 Å². The van der Waals surface area contributed by atoms with Gasteiger partial charge in [-0.3, -0.25) is 9.59 Å². The van der Waals surface area contributed by atoms with Crippen molar-refractivity contribution in [3.63, 3.8) is 0 Å². The SMILES string of the molecule is O=C(O)[C@@H]1CCC(=O)N(CCc2ccccc2F)[C@H]1c1cscn1. The number of aromatic nitrogens is 1. The molecule has 24 heavy (non-hydrogen) atoms. The molecule has 1 aromatic heterocycles. The van der Waals surface area contributed by atoms with E-state index < -0.39 is 17.9 Å². The Balaban J connectivity index is 1.85. The lowest BCUT2D eigenvalue weighted by Gasteiger charge is -2.38. The average molecular weight is 348 g/mol. The number of benzene rings is 1. The number of aliphatic carboxylic acids is 1. The summed E-state index contributed by atoms with van der Waals surface area (Å²) in [6.45, 7) is 0.270.